The van der Waals surface area contributed by atoms with Gasteiger partial charge in [0.05, 0.1) is 6.54 Å². The van der Waals surface area contributed by atoms with Crippen LogP contribution < -0.4 is 5.32 Å². The van der Waals surface area contributed by atoms with Crippen LogP contribution in [-0.2, 0) is 10.7 Å². The first-order valence-corrected chi connectivity index (χ1v) is 8.68. The molecule has 1 amide bonds. The minimum absolute atomic E-state index is 0.121. The van der Waals surface area contributed by atoms with Gasteiger partial charge in [-0.25, -0.2) is 9.18 Å². The third kappa shape index (κ3) is 5.86. The number of alkyl carbamates (subject to hydrolysis) is 1. The minimum atomic E-state index is -3.37. The number of likely N-dealkylation sites (tertiary alicyclic amines) is 1. The first kappa shape index (κ1) is 20.5. The molecule has 1 N–H and O–H groups in total. The molecule has 5 nitrogen and oxygen atoms in total. The van der Waals surface area contributed by atoms with E-state index in [0.717, 1.165) is 6.07 Å². The summed E-state index contributed by atoms with van der Waals surface area (Å²) in [6.45, 7) is 7.08. The Kier molecular flexibility index (Phi) is 6.16. The number of ether oxygens (including phenoxy) is 1. The lowest BCUT2D eigenvalue weighted by Gasteiger charge is -2.34. The maximum atomic E-state index is 14.4. The Hall–Kier alpha value is -1.83. The second-order valence-corrected chi connectivity index (χ2v) is 7.74. The van der Waals surface area contributed by atoms with E-state index in [9.17, 15) is 18.0 Å². The van der Waals surface area contributed by atoms with Gasteiger partial charge in [-0.1, -0.05) is 0 Å². The lowest BCUT2D eigenvalue weighted by Crippen LogP contribution is -2.48. The summed E-state index contributed by atoms with van der Waals surface area (Å²) in [6, 6.07) is 0.941. The summed E-state index contributed by atoms with van der Waals surface area (Å²) >= 11 is 0. The van der Waals surface area contributed by atoms with E-state index in [0.29, 0.717) is 31.5 Å². The summed E-state index contributed by atoms with van der Waals surface area (Å²) in [7, 11) is 0. The molecule has 0 aromatic carbocycles. The molecule has 146 valence electrons. The second kappa shape index (κ2) is 7.82. The van der Waals surface area contributed by atoms with E-state index in [1.54, 1.807) is 32.6 Å². The number of hydrogen-bond acceptors (Lipinski definition) is 4. The Bertz CT molecular complexity index is 639. The second-order valence-electron chi connectivity index (χ2n) is 7.74. The van der Waals surface area contributed by atoms with Gasteiger partial charge in [0.25, 0.3) is 0 Å². The molecular formula is C18H26F3N3O2. The molecule has 8 heteroatoms. The number of nitrogens with zero attached hydrogens (tertiary/aromatic N) is 2. The molecule has 1 saturated heterocycles. The van der Waals surface area contributed by atoms with E-state index in [1.807, 2.05) is 0 Å². The summed E-state index contributed by atoms with van der Waals surface area (Å²) in [4.78, 5) is 16.9. The fourth-order valence-electron chi connectivity index (χ4n) is 2.87. The van der Waals surface area contributed by atoms with Gasteiger partial charge in [0.2, 0.25) is 0 Å². The predicted molar refractivity (Wildman–Crippen MR) is 91.7 cm³/mol. The highest BCUT2D eigenvalue weighted by Gasteiger charge is 2.39. The number of aryl methyl sites for hydroxylation is 1. The average molecular weight is 373 g/mol. The Morgan fingerprint density at radius 3 is 2.50 bits per heavy atom. The summed E-state index contributed by atoms with van der Waals surface area (Å²) in [6.07, 6.45) is 1.79. The first-order valence-electron chi connectivity index (χ1n) is 8.68. The largest absolute Gasteiger partial charge is 0.444 e. The lowest BCUT2D eigenvalue weighted by molar-refractivity contribution is -0.0499. The lowest BCUT2D eigenvalue weighted by atomic mass is 10.0. The van der Waals surface area contributed by atoms with Crippen molar-refractivity contribution in [1.82, 2.24) is 15.2 Å². The maximum absolute atomic E-state index is 14.4. The smallest absolute Gasteiger partial charge is 0.407 e. The molecular weight excluding hydrogens is 347 g/mol. The fraction of sp³-hybridized carbons (Fsp3) is 0.667. The first-order chi connectivity index (χ1) is 12.0. The highest BCUT2D eigenvalue weighted by molar-refractivity contribution is 5.68. The third-order valence-corrected chi connectivity index (χ3v) is 4.05. The number of rotatable bonds is 4. The van der Waals surface area contributed by atoms with Gasteiger partial charge >= 0.3 is 12.0 Å². The molecule has 1 fully saturated rings. The van der Waals surface area contributed by atoms with Crippen LogP contribution in [0.2, 0.25) is 0 Å². The molecule has 0 saturated carbocycles. The van der Waals surface area contributed by atoms with E-state index in [4.69, 9.17) is 4.74 Å². The number of nitrogens with one attached hydrogen (secondary N) is 1. The Morgan fingerprint density at radius 1 is 1.35 bits per heavy atom. The number of hydrogen-bond donors (Lipinski definition) is 1. The van der Waals surface area contributed by atoms with Crippen LogP contribution in [0.25, 0.3) is 0 Å². The van der Waals surface area contributed by atoms with Crippen LogP contribution in [0.1, 0.15) is 44.9 Å². The van der Waals surface area contributed by atoms with E-state index in [-0.39, 0.29) is 6.04 Å². The molecule has 2 rings (SSSR count). The van der Waals surface area contributed by atoms with Gasteiger partial charge in [0, 0.05) is 25.3 Å². The highest BCUT2D eigenvalue weighted by atomic mass is 19.3. The molecule has 2 heterocycles. The van der Waals surface area contributed by atoms with Gasteiger partial charge < -0.3 is 10.1 Å². The molecule has 0 bridgehead atoms. The van der Waals surface area contributed by atoms with Gasteiger partial charge in [-0.15, -0.1) is 0 Å². The van der Waals surface area contributed by atoms with Crippen molar-refractivity contribution in [2.75, 3.05) is 19.6 Å². The molecule has 0 radical (unpaired) electrons. The molecule has 26 heavy (non-hydrogen) atoms. The van der Waals surface area contributed by atoms with Crippen LogP contribution in [0.5, 0.6) is 0 Å². The topological polar surface area (TPSA) is 54.5 Å². The molecule has 1 aromatic heterocycles. The maximum Gasteiger partial charge on any atom is 0.407 e. The summed E-state index contributed by atoms with van der Waals surface area (Å²) in [5, 5.41) is 2.76. The molecule has 1 aromatic rings. The zero-order valence-electron chi connectivity index (χ0n) is 15.6. The number of aromatic nitrogens is 1. The van der Waals surface area contributed by atoms with Gasteiger partial charge in [-0.3, -0.25) is 9.88 Å². The third-order valence-electron chi connectivity index (χ3n) is 4.05. The van der Waals surface area contributed by atoms with Crippen molar-refractivity contribution in [3.8, 4) is 0 Å². The van der Waals surface area contributed by atoms with Crippen molar-refractivity contribution in [3.05, 3.63) is 29.3 Å². The molecule has 1 aliphatic rings. The predicted octanol–water partition coefficient (Wildman–Crippen LogP) is 3.61. The van der Waals surface area contributed by atoms with Gasteiger partial charge in [-0.05, 0) is 52.2 Å². The number of pyridine rings is 1. The number of alkyl halides is 2. The quantitative estimate of drug-likeness (QED) is 0.876. The van der Waals surface area contributed by atoms with Crippen molar-refractivity contribution in [2.45, 2.75) is 58.1 Å². The number of carbonyl (C=O) groups is 1. The molecule has 0 spiro atoms. The fourth-order valence-corrected chi connectivity index (χ4v) is 2.87. The van der Waals surface area contributed by atoms with Gasteiger partial charge in [0.1, 0.15) is 11.3 Å². The summed E-state index contributed by atoms with van der Waals surface area (Å²) in [5.41, 5.74) is -0.911. The molecule has 0 unspecified atom stereocenters. The van der Waals surface area contributed by atoms with Crippen molar-refractivity contribution in [1.29, 1.82) is 0 Å². The van der Waals surface area contributed by atoms with E-state index in [1.165, 1.54) is 6.20 Å². The summed E-state index contributed by atoms with van der Waals surface area (Å²) < 4.78 is 47.8. The van der Waals surface area contributed by atoms with E-state index in [2.05, 4.69) is 10.3 Å². The number of carbonyl (C=O) groups excluding carboxylic acids is 1. The monoisotopic (exact) mass is 373 g/mol. The number of amides is 1. The zero-order valence-corrected chi connectivity index (χ0v) is 15.6. The van der Waals surface area contributed by atoms with Gasteiger partial charge in [-0.2, -0.15) is 8.78 Å². The SMILES string of the molecule is Cc1cnc(C(F)(F)CN2CCC(NC(=O)OC(C)(C)C)CC2)c(F)c1. The minimum Gasteiger partial charge on any atom is -0.444 e. The van der Waals surface area contributed by atoms with E-state index < -0.39 is 35.7 Å². The Morgan fingerprint density at radius 2 is 1.96 bits per heavy atom. The molecule has 1 aliphatic heterocycles. The molecule has 0 aliphatic carbocycles. The molecule has 0 atom stereocenters. The normalized spacial score (nSPS) is 17.2. The van der Waals surface area contributed by atoms with Crippen LogP contribution in [-0.4, -0.2) is 47.3 Å². The van der Waals surface area contributed by atoms with Gasteiger partial charge in [0.15, 0.2) is 5.82 Å². The van der Waals surface area contributed by atoms with E-state index >= 15 is 0 Å². The zero-order chi connectivity index (χ0) is 19.5. The highest BCUT2D eigenvalue weighted by Crippen LogP contribution is 2.30. The van der Waals surface area contributed by atoms with Crippen LogP contribution in [0, 0.1) is 12.7 Å². The standard InChI is InChI=1S/C18H26F3N3O2/c1-12-9-14(19)15(22-10-12)18(20,21)11-24-7-5-13(6-8-24)23-16(25)26-17(2,3)4/h9-10,13H,5-8,11H2,1-4H3,(H,23,25). The number of halogens is 3. The van der Waals surface area contributed by atoms with Crippen LogP contribution in [0.15, 0.2) is 12.3 Å². The van der Waals surface area contributed by atoms with Crippen LogP contribution >= 0.6 is 0 Å². The number of piperidine rings is 1. The van der Waals surface area contributed by atoms with Crippen molar-refractivity contribution < 1.29 is 22.7 Å². The summed E-state index contributed by atoms with van der Waals surface area (Å²) in [5.74, 6) is -4.36. The van der Waals surface area contributed by atoms with Crippen molar-refractivity contribution in [2.24, 2.45) is 0 Å². The van der Waals surface area contributed by atoms with Crippen LogP contribution in [0.3, 0.4) is 0 Å². The average Bonchev–Trinajstić information content (AvgIpc) is 2.46. The van der Waals surface area contributed by atoms with Crippen molar-refractivity contribution >= 4 is 6.09 Å². The Balaban J connectivity index is 1.87. The van der Waals surface area contributed by atoms with Crippen LogP contribution in [0.4, 0.5) is 18.0 Å². The Labute approximate surface area is 151 Å². The van der Waals surface area contributed by atoms with Crippen molar-refractivity contribution in [3.63, 3.8) is 0 Å².